The largest absolute Gasteiger partial charge is 0.399 e. The molecule has 2 rings (SSSR count). The number of hydrogen-bond donors (Lipinski definition) is 2. The molecule has 0 aliphatic heterocycles. The monoisotopic (exact) mass is 245 g/mol. The lowest BCUT2D eigenvalue weighted by molar-refractivity contribution is -0.123. The van der Waals surface area contributed by atoms with E-state index in [9.17, 15) is 4.79 Å². The van der Waals surface area contributed by atoms with Crippen LogP contribution in [-0.4, -0.2) is 16.0 Å². The van der Waals surface area contributed by atoms with E-state index in [0.717, 1.165) is 16.6 Å². The summed E-state index contributed by atoms with van der Waals surface area (Å²) in [5, 5.41) is 4.00. The Kier molecular flexibility index (Phi) is 3.03. The second-order valence-electron chi connectivity index (χ2n) is 5.56. The van der Waals surface area contributed by atoms with Crippen molar-refractivity contribution in [2.75, 3.05) is 5.73 Å². The first-order valence-electron chi connectivity index (χ1n) is 6.00. The summed E-state index contributed by atoms with van der Waals surface area (Å²) in [6.07, 6.45) is 1.91. The number of benzene rings is 1. The Labute approximate surface area is 107 Å². The van der Waals surface area contributed by atoms with Crippen molar-refractivity contribution in [2.24, 2.45) is 0 Å². The van der Waals surface area contributed by atoms with Crippen LogP contribution in [-0.2, 0) is 11.3 Å². The van der Waals surface area contributed by atoms with E-state index in [1.165, 1.54) is 0 Å². The molecular formula is C14H19N3O. The third-order valence-corrected chi connectivity index (χ3v) is 2.62. The molecule has 0 aliphatic carbocycles. The van der Waals surface area contributed by atoms with Gasteiger partial charge in [0, 0.05) is 28.3 Å². The first-order valence-corrected chi connectivity index (χ1v) is 6.00. The molecule has 4 nitrogen and oxygen atoms in total. The molecule has 96 valence electrons. The Balaban J connectivity index is 2.20. The van der Waals surface area contributed by atoms with Gasteiger partial charge in [0.2, 0.25) is 5.91 Å². The van der Waals surface area contributed by atoms with Gasteiger partial charge in [-0.2, -0.15) is 0 Å². The molecule has 0 bridgehead atoms. The maximum Gasteiger partial charge on any atom is 0.240 e. The minimum Gasteiger partial charge on any atom is -0.399 e. The molecular weight excluding hydrogens is 226 g/mol. The van der Waals surface area contributed by atoms with Crippen LogP contribution in [0.3, 0.4) is 0 Å². The zero-order valence-electron chi connectivity index (χ0n) is 11.0. The van der Waals surface area contributed by atoms with Gasteiger partial charge >= 0.3 is 0 Å². The van der Waals surface area contributed by atoms with Gasteiger partial charge in [-0.1, -0.05) is 0 Å². The van der Waals surface area contributed by atoms with Crippen molar-refractivity contribution in [3.05, 3.63) is 30.5 Å². The van der Waals surface area contributed by atoms with Gasteiger partial charge in [-0.3, -0.25) is 4.79 Å². The minimum atomic E-state index is -0.204. The Morgan fingerprint density at radius 3 is 2.72 bits per heavy atom. The molecule has 2 aromatic rings. The topological polar surface area (TPSA) is 60.0 Å². The lowest BCUT2D eigenvalue weighted by Gasteiger charge is -2.20. The number of nitrogen functional groups attached to an aromatic ring is 1. The molecule has 0 saturated heterocycles. The highest BCUT2D eigenvalue weighted by atomic mass is 16.2. The van der Waals surface area contributed by atoms with Crippen molar-refractivity contribution in [3.8, 4) is 0 Å². The molecule has 1 aromatic heterocycles. The quantitative estimate of drug-likeness (QED) is 0.796. The lowest BCUT2D eigenvalue weighted by Crippen LogP contribution is -2.42. The predicted octanol–water partition coefficient (Wildman–Crippen LogP) is 2.14. The van der Waals surface area contributed by atoms with E-state index >= 15 is 0 Å². The van der Waals surface area contributed by atoms with Crippen molar-refractivity contribution >= 4 is 22.5 Å². The predicted molar refractivity (Wildman–Crippen MR) is 74.2 cm³/mol. The Hall–Kier alpha value is -1.97. The first-order chi connectivity index (χ1) is 8.35. The van der Waals surface area contributed by atoms with E-state index in [0.29, 0.717) is 6.54 Å². The number of aromatic nitrogens is 1. The van der Waals surface area contributed by atoms with Crippen LogP contribution in [0.5, 0.6) is 0 Å². The molecule has 0 atom stereocenters. The van der Waals surface area contributed by atoms with Crippen LogP contribution in [0.25, 0.3) is 10.9 Å². The van der Waals surface area contributed by atoms with Gasteiger partial charge in [-0.25, -0.2) is 0 Å². The van der Waals surface area contributed by atoms with Crippen LogP contribution in [0.4, 0.5) is 5.69 Å². The highest BCUT2D eigenvalue weighted by molar-refractivity contribution is 5.85. The molecule has 3 N–H and O–H groups in total. The number of carbonyl (C=O) groups is 1. The summed E-state index contributed by atoms with van der Waals surface area (Å²) in [6.45, 7) is 6.24. The number of hydrogen-bond acceptors (Lipinski definition) is 2. The molecule has 0 radical (unpaired) electrons. The molecule has 1 aromatic carbocycles. The number of rotatable bonds is 2. The molecule has 0 fully saturated rings. The maximum absolute atomic E-state index is 11.9. The van der Waals surface area contributed by atoms with Crippen molar-refractivity contribution < 1.29 is 4.79 Å². The zero-order valence-corrected chi connectivity index (χ0v) is 11.0. The van der Waals surface area contributed by atoms with Crippen LogP contribution in [0.2, 0.25) is 0 Å². The summed E-state index contributed by atoms with van der Waals surface area (Å²) in [4.78, 5) is 11.9. The summed E-state index contributed by atoms with van der Waals surface area (Å²) >= 11 is 0. The van der Waals surface area contributed by atoms with Crippen molar-refractivity contribution in [1.82, 2.24) is 9.88 Å². The van der Waals surface area contributed by atoms with E-state index in [1.807, 2.05) is 55.8 Å². The fourth-order valence-corrected chi connectivity index (χ4v) is 1.97. The van der Waals surface area contributed by atoms with E-state index in [1.54, 1.807) is 0 Å². The molecule has 1 amide bonds. The van der Waals surface area contributed by atoms with Crippen LogP contribution in [0.15, 0.2) is 30.5 Å². The summed E-state index contributed by atoms with van der Waals surface area (Å²) in [7, 11) is 0. The lowest BCUT2D eigenvalue weighted by atomic mass is 10.1. The average Bonchev–Trinajstić information content (AvgIpc) is 2.57. The van der Waals surface area contributed by atoms with E-state index in [-0.39, 0.29) is 11.4 Å². The molecule has 0 saturated carbocycles. The summed E-state index contributed by atoms with van der Waals surface area (Å²) < 4.78 is 1.93. The number of nitrogens with one attached hydrogen (secondary N) is 1. The van der Waals surface area contributed by atoms with Gasteiger partial charge < -0.3 is 15.6 Å². The molecule has 0 spiro atoms. The van der Waals surface area contributed by atoms with Crippen LogP contribution in [0.1, 0.15) is 20.8 Å². The summed E-state index contributed by atoms with van der Waals surface area (Å²) in [5.74, 6) is 0.0109. The van der Waals surface area contributed by atoms with Gasteiger partial charge in [0.05, 0.1) is 0 Å². The second kappa shape index (κ2) is 4.37. The normalized spacial score (nSPS) is 11.7. The molecule has 4 heteroatoms. The summed E-state index contributed by atoms with van der Waals surface area (Å²) in [6, 6.07) is 7.67. The molecule has 0 unspecified atom stereocenters. The Morgan fingerprint density at radius 2 is 2.06 bits per heavy atom. The Bertz CT molecular complexity index is 578. The van der Waals surface area contributed by atoms with Gasteiger partial charge in [0.25, 0.3) is 0 Å². The van der Waals surface area contributed by atoms with Crippen molar-refractivity contribution in [1.29, 1.82) is 0 Å². The Morgan fingerprint density at radius 1 is 1.33 bits per heavy atom. The highest BCUT2D eigenvalue weighted by Gasteiger charge is 2.14. The van der Waals surface area contributed by atoms with Crippen molar-refractivity contribution in [2.45, 2.75) is 32.9 Å². The number of anilines is 1. The van der Waals surface area contributed by atoms with Gasteiger partial charge in [-0.15, -0.1) is 0 Å². The third kappa shape index (κ3) is 2.83. The van der Waals surface area contributed by atoms with E-state index in [4.69, 9.17) is 5.73 Å². The number of fused-ring (bicyclic) bond motifs is 1. The van der Waals surface area contributed by atoms with Crippen LogP contribution in [0, 0.1) is 0 Å². The van der Waals surface area contributed by atoms with E-state index in [2.05, 4.69) is 5.32 Å². The first kappa shape index (κ1) is 12.5. The highest BCUT2D eigenvalue weighted by Crippen LogP contribution is 2.18. The number of nitrogens with two attached hydrogens (primary N) is 1. The van der Waals surface area contributed by atoms with Gasteiger partial charge in [0.1, 0.15) is 6.54 Å². The number of carbonyl (C=O) groups excluding carboxylic acids is 1. The average molecular weight is 245 g/mol. The minimum absolute atomic E-state index is 0.0109. The summed E-state index contributed by atoms with van der Waals surface area (Å²) in [5.41, 5.74) is 7.28. The molecule has 1 heterocycles. The smallest absolute Gasteiger partial charge is 0.240 e. The van der Waals surface area contributed by atoms with Crippen LogP contribution >= 0.6 is 0 Å². The third-order valence-electron chi connectivity index (χ3n) is 2.62. The fraction of sp³-hybridized carbons (Fsp3) is 0.357. The maximum atomic E-state index is 11.9. The van der Waals surface area contributed by atoms with Crippen LogP contribution < -0.4 is 11.1 Å². The number of amides is 1. The molecule has 0 aliphatic rings. The zero-order chi connectivity index (χ0) is 13.3. The van der Waals surface area contributed by atoms with Crippen molar-refractivity contribution in [3.63, 3.8) is 0 Å². The molecule has 18 heavy (non-hydrogen) atoms. The SMILES string of the molecule is CC(C)(C)NC(=O)Cn1ccc2cc(N)ccc21. The standard InChI is InChI=1S/C14H19N3O/c1-14(2,3)16-13(18)9-17-7-6-10-8-11(15)4-5-12(10)17/h4-8H,9,15H2,1-3H3,(H,16,18). The second-order valence-corrected chi connectivity index (χ2v) is 5.56. The van der Waals surface area contributed by atoms with Gasteiger partial charge in [-0.05, 0) is 45.0 Å². The van der Waals surface area contributed by atoms with Gasteiger partial charge in [0.15, 0.2) is 0 Å². The number of nitrogens with zero attached hydrogens (tertiary/aromatic N) is 1. The van der Waals surface area contributed by atoms with E-state index < -0.39 is 0 Å². The fourth-order valence-electron chi connectivity index (χ4n) is 1.97.